The van der Waals surface area contributed by atoms with Gasteiger partial charge in [0.1, 0.15) is 5.01 Å². The van der Waals surface area contributed by atoms with E-state index < -0.39 is 6.29 Å². The predicted molar refractivity (Wildman–Crippen MR) is 34.1 cm³/mol. The van der Waals surface area contributed by atoms with Gasteiger partial charge >= 0.3 is 0 Å². The summed E-state index contributed by atoms with van der Waals surface area (Å²) in [6.45, 7) is 0. The molecule has 0 saturated carbocycles. The lowest BCUT2D eigenvalue weighted by atomic mass is 10.7. The Morgan fingerprint density at radius 2 is 2.67 bits per heavy atom. The van der Waals surface area contributed by atoms with Crippen LogP contribution in [0.15, 0.2) is 11.6 Å². The molecule has 1 unspecified atom stereocenters. The molecule has 0 radical (unpaired) electrons. The van der Waals surface area contributed by atoms with E-state index in [1.54, 1.807) is 11.6 Å². The summed E-state index contributed by atoms with van der Waals surface area (Å²) in [7, 11) is 1.44. The highest BCUT2D eigenvalue weighted by molar-refractivity contribution is 7.09. The molecule has 1 N–H and O–H groups in total. The monoisotopic (exact) mass is 145 g/mol. The third-order valence-corrected chi connectivity index (χ3v) is 1.69. The lowest BCUT2D eigenvalue weighted by Gasteiger charge is -2.01. The molecule has 0 spiro atoms. The molecule has 0 saturated heterocycles. The number of hydrogen-bond donors (Lipinski definition) is 1. The van der Waals surface area contributed by atoms with Gasteiger partial charge in [0.2, 0.25) is 6.29 Å². The van der Waals surface area contributed by atoms with Crippen LogP contribution in [-0.4, -0.2) is 17.2 Å². The molecule has 0 aliphatic heterocycles. The highest BCUT2D eigenvalue weighted by Gasteiger charge is 2.05. The molecule has 0 amide bonds. The molecule has 1 aromatic rings. The van der Waals surface area contributed by atoms with Crippen LogP contribution in [0.5, 0.6) is 0 Å². The summed E-state index contributed by atoms with van der Waals surface area (Å²) < 4.78 is 4.60. The normalized spacial score (nSPS) is 13.6. The maximum Gasteiger partial charge on any atom is 0.208 e. The largest absolute Gasteiger partial charge is 0.362 e. The number of ether oxygens (including phenoxy) is 1. The van der Waals surface area contributed by atoms with Gasteiger partial charge in [0.05, 0.1) is 0 Å². The molecule has 0 bridgehead atoms. The summed E-state index contributed by atoms with van der Waals surface area (Å²) >= 11 is 1.37. The fourth-order valence-corrected chi connectivity index (χ4v) is 1.05. The van der Waals surface area contributed by atoms with Gasteiger partial charge < -0.3 is 9.84 Å². The second-order valence-electron chi connectivity index (χ2n) is 1.46. The lowest BCUT2D eigenvalue weighted by Crippen LogP contribution is -1.97. The topological polar surface area (TPSA) is 42.4 Å². The number of nitrogens with zero attached hydrogens (tertiary/aromatic N) is 1. The van der Waals surface area contributed by atoms with Crippen LogP contribution in [0.3, 0.4) is 0 Å². The average molecular weight is 145 g/mol. The molecule has 1 aromatic heterocycles. The van der Waals surface area contributed by atoms with Crippen LogP contribution in [-0.2, 0) is 4.74 Å². The number of aromatic nitrogens is 1. The third kappa shape index (κ3) is 1.48. The van der Waals surface area contributed by atoms with Crippen LogP contribution >= 0.6 is 11.3 Å². The van der Waals surface area contributed by atoms with Crippen molar-refractivity contribution in [3.05, 3.63) is 16.6 Å². The van der Waals surface area contributed by atoms with E-state index in [1.165, 1.54) is 18.4 Å². The standard InChI is InChI=1S/C5H7NO2S/c1-8-5(7)4-6-2-3-9-4/h2-3,5,7H,1H3. The van der Waals surface area contributed by atoms with Gasteiger partial charge in [-0.25, -0.2) is 4.98 Å². The van der Waals surface area contributed by atoms with Crippen molar-refractivity contribution in [1.82, 2.24) is 4.98 Å². The molecule has 1 atom stereocenters. The van der Waals surface area contributed by atoms with Crippen molar-refractivity contribution in [2.45, 2.75) is 6.29 Å². The Balaban J connectivity index is 2.65. The van der Waals surface area contributed by atoms with Crippen molar-refractivity contribution in [2.75, 3.05) is 7.11 Å². The molecule has 50 valence electrons. The number of hydrogen-bond acceptors (Lipinski definition) is 4. The summed E-state index contributed by atoms with van der Waals surface area (Å²) in [4.78, 5) is 3.83. The molecule has 9 heavy (non-hydrogen) atoms. The van der Waals surface area contributed by atoms with Crippen LogP contribution in [0.1, 0.15) is 11.3 Å². The van der Waals surface area contributed by atoms with Gasteiger partial charge in [0, 0.05) is 18.7 Å². The Labute approximate surface area is 56.9 Å². The molecule has 4 heteroatoms. The first kappa shape index (κ1) is 6.67. The summed E-state index contributed by atoms with van der Waals surface area (Å²) in [5.74, 6) is 0. The van der Waals surface area contributed by atoms with Gasteiger partial charge in [-0.2, -0.15) is 0 Å². The van der Waals surface area contributed by atoms with E-state index >= 15 is 0 Å². The van der Waals surface area contributed by atoms with E-state index in [9.17, 15) is 0 Å². The zero-order valence-electron chi connectivity index (χ0n) is 4.94. The molecule has 1 heterocycles. The van der Waals surface area contributed by atoms with Crippen LogP contribution in [0.2, 0.25) is 0 Å². The SMILES string of the molecule is COC(O)c1nccs1. The maximum absolute atomic E-state index is 8.94. The Morgan fingerprint density at radius 1 is 1.89 bits per heavy atom. The quantitative estimate of drug-likeness (QED) is 0.625. The van der Waals surface area contributed by atoms with Crippen LogP contribution in [0.4, 0.5) is 0 Å². The van der Waals surface area contributed by atoms with Crippen LogP contribution < -0.4 is 0 Å². The lowest BCUT2D eigenvalue weighted by molar-refractivity contribution is -0.0770. The summed E-state index contributed by atoms with van der Waals surface area (Å²) in [5.41, 5.74) is 0. The average Bonchev–Trinajstić information content (AvgIpc) is 2.37. The summed E-state index contributed by atoms with van der Waals surface area (Å²) in [5, 5.41) is 11.3. The molecule has 0 aromatic carbocycles. The van der Waals surface area contributed by atoms with Crippen molar-refractivity contribution >= 4 is 11.3 Å². The molecular weight excluding hydrogens is 138 g/mol. The molecule has 1 rings (SSSR count). The molecular formula is C5H7NO2S. The Morgan fingerprint density at radius 3 is 3.11 bits per heavy atom. The maximum atomic E-state index is 8.94. The minimum atomic E-state index is -0.856. The van der Waals surface area contributed by atoms with Gasteiger partial charge in [-0.3, -0.25) is 0 Å². The van der Waals surface area contributed by atoms with Crippen LogP contribution in [0, 0.1) is 0 Å². The van der Waals surface area contributed by atoms with E-state index in [2.05, 4.69) is 9.72 Å². The fraction of sp³-hybridized carbons (Fsp3) is 0.400. The number of methoxy groups -OCH3 is 1. The van der Waals surface area contributed by atoms with Crippen molar-refractivity contribution in [3.63, 3.8) is 0 Å². The van der Waals surface area contributed by atoms with E-state index in [0.29, 0.717) is 5.01 Å². The number of aliphatic hydroxyl groups excluding tert-OH is 1. The first-order valence-electron chi connectivity index (χ1n) is 2.45. The Bertz CT molecular complexity index is 163. The van der Waals surface area contributed by atoms with Crippen molar-refractivity contribution in [2.24, 2.45) is 0 Å². The highest BCUT2D eigenvalue weighted by atomic mass is 32.1. The van der Waals surface area contributed by atoms with Crippen molar-refractivity contribution < 1.29 is 9.84 Å². The molecule has 3 nitrogen and oxygen atoms in total. The van der Waals surface area contributed by atoms with Gasteiger partial charge in [-0.1, -0.05) is 0 Å². The number of rotatable bonds is 2. The van der Waals surface area contributed by atoms with E-state index in [4.69, 9.17) is 5.11 Å². The zero-order valence-corrected chi connectivity index (χ0v) is 5.76. The molecule has 0 aliphatic carbocycles. The fourth-order valence-electron chi connectivity index (χ4n) is 0.457. The first-order chi connectivity index (χ1) is 4.34. The van der Waals surface area contributed by atoms with E-state index in [0.717, 1.165) is 0 Å². The van der Waals surface area contributed by atoms with Crippen molar-refractivity contribution in [1.29, 1.82) is 0 Å². The van der Waals surface area contributed by atoms with Gasteiger partial charge in [0.15, 0.2) is 0 Å². The second kappa shape index (κ2) is 2.91. The highest BCUT2D eigenvalue weighted by Crippen LogP contribution is 2.14. The van der Waals surface area contributed by atoms with Crippen LogP contribution in [0.25, 0.3) is 0 Å². The van der Waals surface area contributed by atoms with E-state index in [-0.39, 0.29) is 0 Å². The Kier molecular flexibility index (Phi) is 2.16. The smallest absolute Gasteiger partial charge is 0.208 e. The predicted octanol–water partition coefficient (Wildman–Crippen LogP) is 0.780. The summed E-state index contributed by atoms with van der Waals surface area (Å²) in [6, 6.07) is 0. The third-order valence-electron chi connectivity index (χ3n) is 0.886. The molecule has 0 fully saturated rings. The van der Waals surface area contributed by atoms with Crippen molar-refractivity contribution in [3.8, 4) is 0 Å². The second-order valence-corrected chi connectivity index (χ2v) is 2.38. The van der Waals surface area contributed by atoms with Gasteiger partial charge in [-0.05, 0) is 0 Å². The Hall–Kier alpha value is -0.450. The van der Waals surface area contributed by atoms with Gasteiger partial charge in [-0.15, -0.1) is 11.3 Å². The number of aliphatic hydroxyl groups is 1. The van der Waals surface area contributed by atoms with E-state index in [1.807, 2.05) is 0 Å². The minimum absolute atomic E-state index is 0.595. The number of thiazole rings is 1. The molecule has 0 aliphatic rings. The van der Waals surface area contributed by atoms with Gasteiger partial charge in [0.25, 0.3) is 0 Å². The summed E-state index contributed by atoms with van der Waals surface area (Å²) in [6.07, 6.45) is 0.771. The minimum Gasteiger partial charge on any atom is -0.362 e. The first-order valence-corrected chi connectivity index (χ1v) is 3.33. The zero-order chi connectivity index (χ0) is 6.69.